The van der Waals surface area contributed by atoms with Crippen LogP contribution in [-0.4, -0.2) is 6.54 Å². The number of rotatable bonds is 3. The summed E-state index contributed by atoms with van der Waals surface area (Å²) in [5.74, 6) is 4.06. The first kappa shape index (κ1) is 11.9. The number of alkyl halides is 3. The number of nitrogens with one attached hydrogen (secondary N) is 1. The number of halogens is 4. The molecule has 0 unspecified atom stereocenters. The van der Waals surface area contributed by atoms with Gasteiger partial charge in [0.1, 0.15) is 5.82 Å². The molecule has 0 saturated heterocycles. The van der Waals surface area contributed by atoms with Gasteiger partial charge in [-0.25, -0.2) is 4.39 Å². The molecular formula is C9H10F4N2. The zero-order chi connectivity index (χ0) is 11.5. The van der Waals surface area contributed by atoms with E-state index in [0.29, 0.717) is 6.07 Å². The molecule has 0 aromatic heterocycles. The number of hydrogen-bond acceptors (Lipinski definition) is 2. The van der Waals surface area contributed by atoms with E-state index >= 15 is 0 Å². The van der Waals surface area contributed by atoms with Gasteiger partial charge in [0.2, 0.25) is 0 Å². The van der Waals surface area contributed by atoms with Crippen molar-refractivity contribution in [1.29, 1.82) is 0 Å². The maximum Gasteiger partial charge on any atom is 0.416 e. The Morgan fingerprint density at radius 2 is 1.93 bits per heavy atom. The molecule has 0 radical (unpaired) electrons. The lowest BCUT2D eigenvalue weighted by molar-refractivity contribution is -0.138. The highest BCUT2D eigenvalue weighted by atomic mass is 19.4. The average molecular weight is 222 g/mol. The van der Waals surface area contributed by atoms with E-state index in [1.54, 1.807) is 0 Å². The van der Waals surface area contributed by atoms with Crippen molar-refractivity contribution in [2.24, 2.45) is 5.84 Å². The second-order valence-corrected chi connectivity index (χ2v) is 3.00. The van der Waals surface area contributed by atoms with Crippen molar-refractivity contribution >= 4 is 0 Å². The van der Waals surface area contributed by atoms with Crippen molar-refractivity contribution in [2.75, 3.05) is 6.54 Å². The smallest absolute Gasteiger partial charge is 0.271 e. The van der Waals surface area contributed by atoms with E-state index in [1.807, 2.05) is 0 Å². The minimum Gasteiger partial charge on any atom is -0.271 e. The number of benzene rings is 1. The third-order valence-electron chi connectivity index (χ3n) is 1.92. The second kappa shape index (κ2) is 4.59. The summed E-state index contributed by atoms with van der Waals surface area (Å²) in [6.45, 7) is 0.203. The van der Waals surface area contributed by atoms with Gasteiger partial charge >= 0.3 is 6.18 Å². The summed E-state index contributed by atoms with van der Waals surface area (Å²) in [6, 6.07) is 2.61. The fourth-order valence-electron chi connectivity index (χ4n) is 1.24. The van der Waals surface area contributed by atoms with Gasteiger partial charge in [-0.05, 0) is 24.1 Å². The van der Waals surface area contributed by atoms with Crippen molar-refractivity contribution < 1.29 is 17.6 Å². The third-order valence-corrected chi connectivity index (χ3v) is 1.92. The molecule has 0 atom stereocenters. The third kappa shape index (κ3) is 3.17. The molecule has 1 aromatic carbocycles. The first-order valence-electron chi connectivity index (χ1n) is 4.24. The molecule has 2 nitrogen and oxygen atoms in total. The largest absolute Gasteiger partial charge is 0.416 e. The first-order chi connectivity index (χ1) is 6.95. The van der Waals surface area contributed by atoms with Crippen molar-refractivity contribution in [2.45, 2.75) is 12.6 Å². The van der Waals surface area contributed by atoms with Crippen LogP contribution in [0.2, 0.25) is 0 Å². The van der Waals surface area contributed by atoms with Crippen molar-refractivity contribution in [1.82, 2.24) is 5.43 Å². The Balaban J connectivity index is 3.04. The van der Waals surface area contributed by atoms with E-state index in [2.05, 4.69) is 5.43 Å². The van der Waals surface area contributed by atoms with Gasteiger partial charge in [-0.3, -0.25) is 11.3 Å². The molecule has 0 fully saturated rings. The molecule has 0 aliphatic rings. The molecule has 15 heavy (non-hydrogen) atoms. The normalized spacial score (nSPS) is 11.8. The molecule has 0 spiro atoms. The molecule has 0 bridgehead atoms. The van der Waals surface area contributed by atoms with E-state index in [1.165, 1.54) is 0 Å². The molecule has 1 rings (SSSR count). The highest BCUT2D eigenvalue weighted by Gasteiger charge is 2.33. The summed E-state index contributed by atoms with van der Waals surface area (Å²) >= 11 is 0. The molecule has 6 heteroatoms. The lowest BCUT2D eigenvalue weighted by Gasteiger charge is -2.12. The van der Waals surface area contributed by atoms with Crippen molar-refractivity contribution in [3.8, 4) is 0 Å². The van der Waals surface area contributed by atoms with Gasteiger partial charge in [0.05, 0.1) is 5.56 Å². The Labute approximate surface area is 84.0 Å². The van der Waals surface area contributed by atoms with Crippen LogP contribution in [0.5, 0.6) is 0 Å². The van der Waals surface area contributed by atoms with Crippen LogP contribution in [0.4, 0.5) is 17.6 Å². The van der Waals surface area contributed by atoms with Gasteiger partial charge in [-0.1, -0.05) is 6.07 Å². The summed E-state index contributed by atoms with van der Waals surface area (Å²) in [5, 5.41) is 0. The van der Waals surface area contributed by atoms with E-state index < -0.39 is 17.6 Å². The summed E-state index contributed by atoms with van der Waals surface area (Å²) in [7, 11) is 0. The number of hydrogen-bond donors (Lipinski definition) is 2. The zero-order valence-electron chi connectivity index (χ0n) is 7.74. The fourth-order valence-corrected chi connectivity index (χ4v) is 1.24. The summed E-state index contributed by atoms with van der Waals surface area (Å²) in [5.41, 5.74) is 1.33. The Morgan fingerprint density at radius 3 is 2.47 bits per heavy atom. The van der Waals surface area contributed by atoms with Gasteiger partial charge in [0.25, 0.3) is 0 Å². The topological polar surface area (TPSA) is 38.0 Å². The number of hydrazine groups is 1. The Hall–Kier alpha value is -1.14. The summed E-state index contributed by atoms with van der Waals surface area (Å²) in [6.07, 6.45) is -4.43. The number of nitrogens with two attached hydrogens (primary N) is 1. The zero-order valence-corrected chi connectivity index (χ0v) is 7.74. The van der Waals surface area contributed by atoms with E-state index in [9.17, 15) is 17.6 Å². The summed E-state index contributed by atoms with van der Waals surface area (Å²) in [4.78, 5) is 0. The van der Waals surface area contributed by atoms with Gasteiger partial charge in [-0.2, -0.15) is 13.2 Å². The molecule has 0 aliphatic carbocycles. The molecule has 3 N–H and O–H groups in total. The first-order valence-corrected chi connectivity index (χ1v) is 4.24. The lowest BCUT2D eigenvalue weighted by atomic mass is 10.0. The van der Waals surface area contributed by atoms with Gasteiger partial charge in [-0.15, -0.1) is 0 Å². The predicted molar refractivity (Wildman–Crippen MR) is 47.3 cm³/mol. The SMILES string of the molecule is NNCCc1ccc(F)cc1C(F)(F)F. The van der Waals surface area contributed by atoms with Crippen LogP contribution in [0.3, 0.4) is 0 Å². The fraction of sp³-hybridized carbons (Fsp3) is 0.333. The molecule has 0 heterocycles. The van der Waals surface area contributed by atoms with Gasteiger partial charge in [0.15, 0.2) is 0 Å². The van der Waals surface area contributed by atoms with Gasteiger partial charge in [0, 0.05) is 6.54 Å². The molecule has 1 aromatic rings. The quantitative estimate of drug-likeness (QED) is 0.465. The second-order valence-electron chi connectivity index (χ2n) is 3.00. The molecule has 0 saturated carbocycles. The minimum atomic E-state index is -4.54. The lowest BCUT2D eigenvalue weighted by Crippen LogP contribution is -2.25. The van der Waals surface area contributed by atoms with Crippen LogP contribution in [0, 0.1) is 5.82 Å². The van der Waals surface area contributed by atoms with Crippen molar-refractivity contribution in [3.05, 3.63) is 35.1 Å². The Bertz CT molecular complexity index is 335. The molecule has 0 amide bonds. The van der Waals surface area contributed by atoms with Crippen LogP contribution in [0.15, 0.2) is 18.2 Å². The predicted octanol–water partition coefficient (Wildman–Crippen LogP) is 1.85. The Morgan fingerprint density at radius 1 is 1.27 bits per heavy atom. The standard InChI is InChI=1S/C9H10F4N2/c10-7-2-1-6(3-4-15-14)8(5-7)9(11,12)13/h1-2,5,15H,3-4,14H2. The maximum absolute atomic E-state index is 12.7. The van der Waals surface area contributed by atoms with Crippen LogP contribution in [-0.2, 0) is 12.6 Å². The van der Waals surface area contributed by atoms with Crippen LogP contribution < -0.4 is 11.3 Å². The van der Waals surface area contributed by atoms with Gasteiger partial charge < -0.3 is 0 Å². The Kier molecular flexibility index (Phi) is 3.65. The summed E-state index contributed by atoms with van der Waals surface area (Å²) < 4.78 is 50.0. The maximum atomic E-state index is 12.7. The molecular weight excluding hydrogens is 212 g/mol. The van der Waals surface area contributed by atoms with E-state index in [-0.39, 0.29) is 18.5 Å². The highest BCUT2D eigenvalue weighted by Crippen LogP contribution is 2.32. The molecule has 0 aliphatic heterocycles. The van der Waals surface area contributed by atoms with E-state index in [4.69, 9.17) is 5.84 Å². The van der Waals surface area contributed by atoms with E-state index in [0.717, 1.165) is 12.1 Å². The highest BCUT2D eigenvalue weighted by molar-refractivity contribution is 5.30. The van der Waals surface area contributed by atoms with Crippen LogP contribution >= 0.6 is 0 Å². The minimum absolute atomic E-state index is 0.0295. The van der Waals surface area contributed by atoms with Crippen LogP contribution in [0.1, 0.15) is 11.1 Å². The average Bonchev–Trinajstić information content (AvgIpc) is 2.14. The van der Waals surface area contributed by atoms with Crippen LogP contribution in [0.25, 0.3) is 0 Å². The molecule has 84 valence electrons. The monoisotopic (exact) mass is 222 g/mol. The van der Waals surface area contributed by atoms with Crippen molar-refractivity contribution in [3.63, 3.8) is 0 Å².